The van der Waals surface area contributed by atoms with Gasteiger partial charge in [-0.2, -0.15) is 4.37 Å². The number of aromatic nitrogens is 2. The summed E-state index contributed by atoms with van der Waals surface area (Å²) in [6.07, 6.45) is 0.814. The lowest BCUT2D eigenvalue weighted by molar-refractivity contribution is 0.115. The number of hydrogen-bond donors (Lipinski definition) is 2. The molecular formula is C11H11Cl2N3O2S. The molecule has 0 amide bonds. The van der Waals surface area contributed by atoms with E-state index in [1.807, 2.05) is 0 Å². The minimum atomic E-state index is -0.687. The van der Waals surface area contributed by atoms with Crippen molar-refractivity contribution in [1.82, 2.24) is 8.75 Å². The van der Waals surface area contributed by atoms with Crippen molar-refractivity contribution in [2.24, 2.45) is 0 Å². The molecule has 1 unspecified atom stereocenters. The summed E-state index contributed by atoms with van der Waals surface area (Å²) in [5.41, 5.74) is 0.709. The number of aliphatic hydroxyl groups excluding tert-OH is 1. The fraction of sp³-hybridized carbons (Fsp3) is 0.273. The largest absolute Gasteiger partial charge is 0.473 e. The molecule has 2 aromatic rings. The second kappa shape index (κ2) is 6.91. The monoisotopic (exact) mass is 319 g/mol. The Kier molecular flexibility index (Phi) is 5.21. The van der Waals surface area contributed by atoms with Gasteiger partial charge in [-0.3, -0.25) is 0 Å². The van der Waals surface area contributed by atoms with E-state index >= 15 is 0 Å². The Bertz CT molecular complexity index is 525. The fourth-order valence-corrected chi connectivity index (χ4v) is 2.16. The molecule has 0 saturated carbocycles. The van der Waals surface area contributed by atoms with Crippen LogP contribution in [0.2, 0.25) is 10.0 Å². The molecule has 0 aliphatic rings. The van der Waals surface area contributed by atoms with Crippen molar-refractivity contribution < 1.29 is 9.84 Å². The van der Waals surface area contributed by atoms with Gasteiger partial charge in [-0.1, -0.05) is 23.2 Å². The van der Waals surface area contributed by atoms with Crippen molar-refractivity contribution in [2.45, 2.75) is 6.10 Å². The third kappa shape index (κ3) is 4.50. The molecule has 8 heteroatoms. The Morgan fingerprint density at radius 3 is 2.95 bits per heavy atom. The maximum Gasteiger partial charge on any atom is 0.245 e. The number of nitrogens with one attached hydrogen (secondary N) is 1. The van der Waals surface area contributed by atoms with Crippen LogP contribution in [0, 0.1) is 0 Å². The molecule has 1 aromatic carbocycles. The first-order valence-electron chi connectivity index (χ1n) is 5.42. The van der Waals surface area contributed by atoms with Gasteiger partial charge in [0.05, 0.1) is 22.4 Å². The van der Waals surface area contributed by atoms with Gasteiger partial charge in [0.15, 0.2) is 0 Å². The van der Waals surface area contributed by atoms with Crippen LogP contribution in [0.3, 0.4) is 0 Å². The zero-order valence-corrected chi connectivity index (χ0v) is 12.0. The van der Waals surface area contributed by atoms with Crippen LogP contribution in [0.15, 0.2) is 24.4 Å². The van der Waals surface area contributed by atoms with E-state index in [2.05, 4.69) is 14.1 Å². The van der Waals surface area contributed by atoms with Crippen LogP contribution in [0.4, 0.5) is 5.69 Å². The van der Waals surface area contributed by atoms with Gasteiger partial charge in [-0.05, 0) is 18.2 Å². The number of rotatable bonds is 6. The maximum atomic E-state index is 9.75. The minimum absolute atomic E-state index is 0.129. The van der Waals surface area contributed by atoms with Gasteiger partial charge in [-0.15, -0.1) is 4.37 Å². The van der Waals surface area contributed by atoms with Gasteiger partial charge >= 0.3 is 0 Å². The Hall–Kier alpha value is -1.08. The molecule has 1 aromatic heterocycles. The molecule has 1 heterocycles. The highest BCUT2D eigenvalue weighted by atomic mass is 35.5. The average molecular weight is 320 g/mol. The number of halogens is 2. The number of anilines is 1. The molecular weight excluding hydrogens is 309 g/mol. The summed E-state index contributed by atoms with van der Waals surface area (Å²) < 4.78 is 12.9. The summed E-state index contributed by atoms with van der Waals surface area (Å²) in [5.74, 6) is 0.411. The number of aliphatic hydroxyl groups is 1. The molecule has 0 spiro atoms. The minimum Gasteiger partial charge on any atom is -0.473 e. The number of benzene rings is 1. The molecule has 102 valence electrons. The highest BCUT2D eigenvalue weighted by Gasteiger charge is 2.08. The van der Waals surface area contributed by atoms with Crippen molar-refractivity contribution in [3.63, 3.8) is 0 Å². The fourth-order valence-electron chi connectivity index (χ4n) is 1.32. The standard InChI is InChI=1S/C11H11Cl2N3O2S/c12-7-1-2-10(9(13)3-7)14-4-8(17)6-18-11-5-15-19-16-11/h1-3,5,8,14,17H,4,6H2. The van der Waals surface area contributed by atoms with E-state index in [1.165, 1.54) is 6.20 Å². The van der Waals surface area contributed by atoms with Gasteiger partial charge in [-0.25, -0.2) is 0 Å². The smallest absolute Gasteiger partial charge is 0.245 e. The Morgan fingerprint density at radius 1 is 1.42 bits per heavy atom. The average Bonchev–Trinajstić information content (AvgIpc) is 2.88. The van der Waals surface area contributed by atoms with Crippen LogP contribution < -0.4 is 10.1 Å². The molecule has 2 rings (SSSR count). The van der Waals surface area contributed by atoms with Gasteiger partial charge in [0, 0.05) is 11.6 Å². The van der Waals surface area contributed by atoms with Crippen LogP contribution in [0.25, 0.3) is 0 Å². The summed E-state index contributed by atoms with van der Waals surface area (Å²) in [6.45, 7) is 0.433. The van der Waals surface area contributed by atoms with E-state index in [9.17, 15) is 5.11 Å². The summed E-state index contributed by atoms with van der Waals surface area (Å²) in [5, 5.41) is 13.8. The van der Waals surface area contributed by atoms with Crippen molar-refractivity contribution in [3.05, 3.63) is 34.4 Å². The summed E-state index contributed by atoms with van der Waals surface area (Å²) in [4.78, 5) is 0. The second-order valence-electron chi connectivity index (χ2n) is 3.72. The molecule has 19 heavy (non-hydrogen) atoms. The van der Waals surface area contributed by atoms with E-state index in [-0.39, 0.29) is 6.61 Å². The molecule has 0 aliphatic heterocycles. The SMILES string of the molecule is OC(CNc1ccc(Cl)cc1Cl)COc1cnsn1. The van der Waals surface area contributed by atoms with E-state index in [4.69, 9.17) is 27.9 Å². The number of ether oxygens (including phenoxy) is 1. The molecule has 0 aliphatic carbocycles. The molecule has 5 nitrogen and oxygen atoms in total. The highest BCUT2D eigenvalue weighted by Crippen LogP contribution is 2.25. The topological polar surface area (TPSA) is 67.3 Å². The van der Waals surface area contributed by atoms with Crippen molar-refractivity contribution >= 4 is 40.6 Å². The molecule has 1 atom stereocenters. The van der Waals surface area contributed by atoms with Crippen LogP contribution >= 0.6 is 34.9 Å². The zero-order valence-electron chi connectivity index (χ0n) is 9.72. The van der Waals surface area contributed by atoms with Gasteiger partial charge in [0.2, 0.25) is 5.88 Å². The van der Waals surface area contributed by atoms with Crippen LogP contribution in [-0.2, 0) is 0 Å². The van der Waals surface area contributed by atoms with E-state index in [0.717, 1.165) is 11.7 Å². The maximum absolute atomic E-state index is 9.75. The Labute approximate surface area is 124 Å². The van der Waals surface area contributed by atoms with E-state index < -0.39 is 6.10 Å². The van der Waals surface area contributed by atoms with Crippen molar-refractivity contribution in [3.8, 4) is 5.88 Å². The summed E-state index contributed by atoms with van der Waals surface area (Å²) in [7, 11) is 0. The number of hydrogen-bond acceptors (Lipinski definition) is 6. The zero-order chi connectivity index (χ0) is 13.7. The second-order valence-corrected chi connectivity index (χ2v) is 5.12. The van der Waals surface area contributed by atoms with Gasteiger partial charge in [0.25, 0.3) is 0 Å². The number of nitrogens with zero attached hydrogens (tertiary/aromatic N) is 2. The molecule has 2 N–H and O–H groups in total. The van der Waals surface area contributed by atoms with Crippen molar-refractivity contribution in [2.75, 3.05) is 18.5 Å². The third-order valence-corrected chi connectivity index (χ3v) is 3.23. The highest BCUT2D eigenvalue weighted by molar-refractivity contribution is 6.99. The van der Waals surface area contributed by atoms with Crippen LogP contribution in [-0.4, -0.2) is 33.1 Å². The van der Waals surface area contributed by atoms with E-state index in [0.29, 0.717) is 28.2 Å². The predicted molar refractivity (Wildman–Crippen MR) is 76.4 cm³/mol. The van der Waals surface area contributed by atoms with E-state index in [1.54, 1.807) is 18.2 Å². The first kappa shape index (κ1) is 14.3. The lowest BCUT2D eigenvalue weighted by atomic mass is 10.3. The van der Waals surface area contributed by atoms with Crippen LogP contribution in [0.1, 0.15) is 0 Å². The van der Waals surface area contributed by atoms with Gasteiger partial charge in [0.1, 0.15) is 18.9 Å². The molecule has 0 radical (unpaired) electrons. The Morgan fingerprint density at radius 2 is 2.26 bits per heavy atom. The summed E-state index contributed by atoms with van der Waals surface area (Å²) in [6, 6.07) is 5.11. The van der Waals surface area contributed by atoms with Crippen molar-refractivity contribution in [1.29, 1.82) is 0 Å². The lowest BCUT2D eigenvalue weighted by Gasteiger charge is -2.13. The molecule has 0 fully saturated rings. The van der Waals surface area contributed by atoms with Crippen LogP contribution in [0.5, 0.6) is 5.88 Å². The first-order chi connectivity index (χ1) is 9.15. The first-order valence-corrected chi connectivity index (χ1v) is 6.91. The molecule has 0 bridgehead atoms. The predicted octanol–water partition coefficient (Wildman–Crippen LogP) is 2.70. The third-order valence-electron chi connectivity index (χ3n) is 2.22. The summed E-state index contributed by atoms with van der Waals surface area (Å²) >= 11 is 12.8. The Balaban J connectivity index is 1.78. The molecule has 0 saturated heterocycles. The quantitative estimate of drug-likeness (QED) is 0.856. The lowest BCUT2D eigenvalue weighted by Crippen LogP contribution is -2.26. The van der Waals surface area contributed by atoms with Gasteiger partial charge < -0.3 is 15.2 Å². The normalized spacial score (nSPS) is 12.2.